The van der Waals surface area contributed by atoms with Gasteiger partial charge in [0.05, 0.1) is 46.8 Å². The van der Waals surface area contributed by atoms with Crippen molar-refractivity contribution in [3.63, 3.8) is 0 Å². The zero-order valence-electron chi connectivity index (χ0n) is 18.4. The Morgan fingerprint density at radius 2 is 1.94 bits per heavy atom. The van der Waals surface area contributed by atoms with Gasteiger partial charge in [0.1, 0.15) is 11.5 Å². The molecule has 0 spiro atoms. The van der Waals surface area contributed by atoms with Crippen molar-refractivity contribution >= 4 is 28.5 Å². The van der Waals surface area contributed by atoms with Crippen LogP contribution in [0.2, 0.25) is 5.02 Å². The lowest BCUT2D eigenvalue weighted by Gasteiger charge is -2.16. The van der Waals surface area contributed by atoms with E-state index < -0.39 is 23.6 Å². The minimum absolute atomic E-state index is 0.0289. The van der Waals surface area contributed by atoms with Gasteiger partial charge in [-0.2, -0.15) is 13.2 Å². The maximum absolute atomic E-state index is 13.3. The van der Waals surface area contributed by atoms with Gasteiger partial charge in [0.2, 0.25) is 0 Å². The van der Waals surface area contributed by atoms with Crippen molar-refractivity contribution in [1.82, 2.24) is 0 Å². The van der Waals surface area contributed by atoms with E-state index in [9.17, 15) is 22.8 Å². The first-order valence-corrected chi connectivity index (χ1v) is 11.4. The van der Waals surface area contributed by atoms with E-state index in [0.29, 0.717) is 25.7 Å². The van der Waals surface area contributed by atoms with Gasteiger partial charge in [-0.1, -0.05) is 17.7 Å². The lowest BCUT2D eigenvalue weighted by molar-refractivity contribution is -0.142. The molecule has 0 bridgehead atoms. The first-order valence-electron chi connectivity index (χ1n) is 11.0. The topological polar surface area (TPSA) is 86.0 Å². The Morgan fingerprint density at radius 1 is 1.14 bits per heavy atom. The van der Waals surface area contributed by atoms with E-state index in [-0.39, 0.29) is 57.8 Å². The molecule has 0 amide bonds. The molecule has 1 fully saturated rings. The van der Waals surface area contributed by atoms with Gasteiger partial charge in [-0.05, 0) is 49.6 Å². The second kappa shape index (κ2) is 10.3. The molecule has 1 saturated carbocycles. The zero-order chi connectivity index (χ0) is 25.2. The molecule has 186 valence electrons. The normalized spacial score (nSPS) is 18.2. The number of ether oxygens (including phenoxy) is 2. The van der Waals surface area contributed by atoms with E-state index in [1.54, 1.807) is 18.2 Å². The number of halogens is 4. The van der Waals surface area contributed by atoms with Gasteiger partial charge in [0.15, 0.2) is 11.0 Å². The van der Waals surface area contributed by atoms with Crippen molar-refractivity contribution in [1.29, 1.82) is 0 Å². The molecule has 2 unspecified atom stereocenters. The third-order valence-electron chi connectivity index (χ3n) is 5.91. The number of hydrogen-bond acceptors (Lipinski definition) is 5. The summed E-state index contributed by atoms with van der Waals surface area (Å²) in [6, 6.07) is 8.83. The number of aliphatic carboxylic acids is 1. The van der Waals surface area contributed by atoms with Crippen molar-refractivity contribution < 1.29 is 37.0 Å². The molecule has 35 heavy (non-hydrogen) atoms. The third kappa shape index (κ3) is 5.79. The lowest BCUT2D eigenvalue weighted by atomic mass is 10.1. The van der Waals surface area contributed by atoms with Crippen LogP contribution in [0.4, 0.5) is 13.2 Å². The van der Waals surface area contributed by atoms with Crippen LogP contribution >= 0.6 is 11.6 Å². The van der Waals surface area contributed by atoms with E-state index in [2.05, 4.69) is 0 Å². The fraction of sp³-hybridized carbons (Fsp3) is 0.360. The van der Waals surface area contributed by atoms with Crippen LogP contribution < -0.4 is 10.2 Å². The SMILES string of the molecule is O=C(O)C1CCC(OCCCOc2cc(C(F)(F)F)ccc2-c2cc(=O)c3cccc(Cl)c3o2)C1. The largest absolute Gasteiger partial charge is 0.493 e. The van der Waals surface area contributed by atoms with Gasteiger partial charge in [-0.3, -0.25) is 9.59 Å². The van der Waals surface area contributed by atoms with Crippen molar-refractivity contribution in [2.75, 3.05) is 13.2 Å². The van der Waals surface area contributed by atoms with Crippen LogP contribution in [0, 0.1) is 5.92 Å². The molecule has 10 heteroatoms. The first-order chi connectivity index (χ1) is 16.6. The summed E-state index contributed by atoms with van der Waals surface area (Å²) in [5, 5.41) is 9.52. The molecule has 1 N–H and O–H groups in total. The minimum Gasteiger partial charge on any atom is -0.493 e. The number of carboxylic acid groups (broad SMARTS) is 1. The first kappa shape index (κ1) is 25.1. The molecule has 2 atom stereocenters. The van der Waals surface area contributed by atoms with Crippen molar-refractivity contribution in [2.45, 2.75) is 38.0 Å². The maximum Gasteiger partial charge on any atom is 0.416 e. The summed E-state index contributed by atoms with van der Waals surface area (Å²) in [5.74, 6) is -1.31. The van der Waals surface area contributed by atoms with Crippen LogP contribution in [0.15, 0.2) is 51.7 Å². The van der Waals surface area contributed by atoms with Crippen LogP contribution in [0.25, 0.3) is 22.3 Å². The third-order valence-corrected chi connectivity index (χ3v) is 6.21. The molecule has 1 aliphatic rings. The predicted octanol–water partition coefficient (Wildman–Crippen LogP) is 6.17. The second-order valence-corrected chi connectivity index (χ2v) is 8.75. The van der Waals surface area contributed by atoms with Gasteiger partial charge >= 0.3 is 12.1 Å². The van der Waals surface area contributed by atoms with Gasteiger partial charge < -0.3 is 19.0 Å². The molecule has 1 aliphatic carbocycles. The number of benzene rings is 2. The van der Waals surface area contributed by atoms with E-state index in [0.717, 1.165) is 12.1 Å². The smallest absolute Gasteiger partial charge is 0.416 e. The summed E-state index contributed by atoms with van der Waals surface area (Å²) in [4.78, 5) is 23.6. The molecule has 0 saturated heterocycles. The summed E-state index contributed by atoms with van der Waals surface area (Å²) in [7, 11) is 0. The molecular weight excluding hydrogens is 489 g/mol. The molecule has 1 heterocycles. The summed E-state index contributed by atoms with van der Waals surface area (Å²) >= 11 is 6.15. The van der Waals surface area contributed by atoms with Crippen LogP contribution in [0.3, 0.4) is 0 Å². The highest BCUT2D eigenvalue weighted by atomic mass is 35.5. The number of carbonyl (C=O) groups is 1. The second-order valence-electron chi connectivity index (χ2n) is 8.34. The van der Waals surface area contributed by atoms with E-state index >= 15 is 0 Å². The molecule has 0 radical (unpaired) electrons. The summed E-state index contributed by atoms with van der Waals surface area (Å²) in [5.41, 5.74) is -0.983. The summed E-state index contributed by atoms with van der Waals surface area (Å²) in [6.45, 7) is 0.313. The van der Waals surface area contributed by atoms with Crippen molar-refractivity contribution in [3.05, 3.63) is 63.3 Å². The van der Waals surface area contributed by atoms with Gasteiger partial charge in [0.25, 0.3) is 0 Å². The monoisotopic (exact) mass is 510 g/mol. The highest BCUT2D eigenvalue weighted by Gasteiger charge is 2.32. The standard InChI is InChI=1S/C25H22ClF3O6/c26-19-4-1-3-17-20(30)13-22(35-23(17)19)18-8-6-15(25(27,28)29)12-21(18)34-10-2-9-33-16-7-5-14(11-16)24(31)32/h1,3-4,6,8,12-14,16H,2,5,7,9-11H2,(H,31,32). The Bertz CT molecular complexity index is 1290. The van der Waals surface area contributed by atoms with Gasteiger partial charge in [0, 0.05) is 12.5 Å². The summed E-state index contributed by atoms with van der Waals surface area (Å²) in [6.07, 6.45) is -2.72. The van der Waals surface area contributed by atoms with Crippen LogP contribution in [0.5, 0.6) is 5.75 Å². The number of para-hydroxylation sites is 1. The quantitative estimate of drug-likeness (QED) is 0.365. The number of rotatable bonds is 8. The Balaban J connectivity index is 1.51. The van der Waals surface area contributed by atoms with Crippen LogP contribution in [0.1, 0.15) is 31.2 Å². The fourth-order valence-electron chi connectivity index (χ4n) is 4.10. The molecule has 3 aromatic rings. The lowest BCUT2D eigenvalue weighted by Crippen LogP contribution is -2.15. The Morgan fingerprint density at radius 3 is 2.66 bits per heavy atom. The Hall–Kier alpha value is -3.04. The molecule has 2 aromatic carbocycles. The van der Waals surface area contributed by atoms with E-state index in [4.69, 9.17) is 30.6 Å². The molecule has 0 aliphatic heterocycles. The average molecular weight is 511 g/mol. The van der Waals surface area contributed by atoms with Gasteiger partial charge in [-0.25, -0.2) is 0 Å². The van der Waals surface area contributed by atoms with Crippen LogP contribution in [-0.4, -0.2) is 30.4 Å². The van der Waals surface area contributed by atoms with Crippen molar-refractivity contribution in [3.8, 4) is 17.1 Å². The fourth-order valence-corrected chi connectivity index (χ4v) is 4.32. The Kier molecular flexibility index (Phi) is 7.37. The van der Waals surface area contributed by atoms with E-state index in [1.165, 1.54) is 12.1 Å². The number of fused-ring (bicyclic) bond motifs is 1. The van der Waals surface area contributed by atoms with Gasteiger partial charge in [-0.15, -0.1) is 0 Å². The number of carboxylic acids is 1. The molecule has 4 rings (SSSR count). The molecular formula is C25H22ClF3O6. The predicted molar refractivity (Wildman–Crippen MR) is 123 cm³/mol. The number of hydrogen-bond donors (Lipinski definition) is 1. The molecule has 6 nitrogen and oxygen atoms in total. The highest BCUT2D eigenvalue weighted by Crippen LogP contribution is 2.38. The minimum atomic E-state index is -4.59. The van der Waals surface area contributed by atoms with Crippen LogP contribution in [-0.2, 0) is 15.7 Å². The van der Waals surface area contributed by atoms with Crippen molar-refractivity contribution in [2.24, 2.45) is 5.92 Å². The Labute approximate surface area is 203 Å². The average Bonchev–Trinajstić information content (AvgIpc) is 3.28. The highest BCUT2D eigenvalue weighted by molar-refractivity contribution is 6.34. The number of alkyl halides is 3. The summed E-state index contributed by atoms with van der Waals surface area (Å²) < 4.78 is 57.1. The molecule has 1 aromatic heterocycles. The maximum atomic E-state index is 13.3. The zero-order valence-corrected chi connectivity index (χ0v) is 19.2. The van der Waals surface area contributed by atoms with E-state index in [1.807, 2.05) is 0 Å².